The van der Waals surface area contributed by atoms with Crippen LogP contribution in [0.5, 0.6) is 0 Å². The molecule has 4 nitrogen and oxygen atoms in total. The van der Waals surface area contributed by atoms with Crippen LogP contribution in [0, 0.1) is 0 Å². The SMILES string of the molecule is Clc1ccc(C2(c3cnccn3)N=CC=N2)c(Cl)c1. The summed E-state index contributed by atoms with van der Waals surface area (Å²) < 4.78 is 0. The average Bonchev–Trinajstić information content (AvgIpc) is 2.90. The molecule has 0 N–H and O–H groups in total. The van der Waals surface area contributed by atoms with E-state index in [-0.39, 0.29) is 0 Å². The van der Waals surface area contributed by atoms with Crippen molar-refractivity contribution in [2.45, 2.75) is 5.66 Å². The molecule has 0 amide bonds. The molecule has 2 aromatic rings. The van der Waals surface area contributed by atoms with Crippen LogP contribution in [0.25, 0.3) is 0 Å². The van der Waals surface area contributed by atoms with Gasteiger partial charge in [-0.25, -0.2) is 0 Å². The number of benzene rings is 1. The summed E-state index contributed by atoms with van der Waals surface area (Å²) in [5, 5.41) is 1.06. The van der Waals surface area contributed by atoms with Crippen molar-refractivity contribution in [3.63, 3.8) is 0 Å². The molecule has 0 saturated carbocycles. The first-order valence-corrected chi connectivity index (χ1v) is 6.29. The highest BCUT2D eigenvalue weighted by Gasteiger charge is 2.37. The van der Waals surface area contributed by atoms with Gasteiger partial charge in [-0.3, -0.25) is 20.0 Å². The molecule has 19 heavy (non-hydrogen) atoms. The van der Waals surface area contributed by atoms with Gasteiger partial charge in [0.25, 0.3) is 0 Å². The lowest BCUT2D eigenvalue weighted by Crippen LogP contribution is -2.23. The molecule has 0 bridgehead atoms. The molecule has 6 heteroatoms. The third kappa shape index (κ3) is 2.03. The lowest BCUT2D eigenvalue weighted by Gasteiger charge is -2.23. The van der Waals surface area contributed by atoms with Crippen molar-refractivity contribution >= 4 is 35.6 Å². The Morgan fingerprint density at radius 2 is 1.79 bits per heavy atom. The Morgan fingerprint density at radius 1 is 1.00 bits per heavy atom. The minimum atomic E-state index is -0.962. The average molecular weight is 291 g/mol. The molecular formula is C13H8Cl2N4. The van der Waals surface area contributed by atoms with Gasteiger partial charge >= 0.3 is 0 Å². The van der Waals surface area contributed by atoms with Gasteiger partial charge in [0.1, 0.15) is 5.69 Å². The minimum Gasteiger partial charge on any atom is -0.261 e. The van der Waals surface area contributed by atoms with Crippen molar-refractivity contribution in [2.75, 3.05) is 0 Å². The number of rotatable bonds is 2. The van der Waals surface area contributed by atoms with Gasteiger partial charge in [0.15, 0.2) is 0 Å². The fraction of sp³-hybridized carbons (Fsp3) is 0.0769. The Balaban J connectivity index is 2.23. The topological polar surface area (TPSA) is 50.5 Å². The van der Waals surface area contributed by atoms with E-state index in [1.54, 1.807) is 49.2 Å². The largest absolute Gasteiger partial charge is 0.261 e. The lowest BCUT2D eigenvalue weighted by molar-refractivity contribution is 0.567. The molecule has 0 fully saturated rings. The smallest absolute Gasteiger partial charge is 0.220 e. The maximum atomic E-state index is 6.27. The van der Waals surface area contributed by atoms with E-state index in [1.165, 1.54) is 0 Å². The minimum absolute atomic E-state index is 0.495. The first-order chi connectivity index (χ1) is 9.22. The second-order valence-corrected chi connectivity index (χ2v) is 4.79. The van der Waals surface area contributed by atoms with Crippen molar-refractivity contribution in [3.05, 3.63) is 58.1 Å². The maximum Gasteiger partial charge on any atom is 0.220 e. The van der Waals surface area contributed by atoms with Gasteiger partial charge in [-0.2, -0.15) is 0 Å². The Bertz CT molecular complexity index is 656. The van der Waals surface area contributed by atoms with E-state index in [1.807, 2.05) is 0 Å². The third-order valence-corrected chi connectivity index (χ3v) is 3.36. The first-order valence-electron chi connectivity index (χ1n) is 5.53. The predicted molar refractivity (Wildman–Crippen MR) is 76.3 cm³/mol. The van der Waals surface area contributed by atoms with Crippen LogP contribution < -0.4 is 0 Å². The summed E-state index contributed by atoms with van der Waals surface area (Å²) in [6.45, 7) is 0. The van der Waals surface area contributed by atoms with Gasteiger partial charge in [0, 0.05) is 35.4 Å². The van der Waals surface area contributed by atoms with Crippen molar-refractivity contribution in [1.29, 1.82) is 0 Å². The number of hydrogen-bond donors (Lipinski definition) is 0. The monoisotopic (exact) mass is 290 g/mol. The molecule has 0 spiro atoms. The number of hydrogen-bond acceptors (Lipinski definition) is 4. The van der Waals surface area contributed by atoms with E-state index in [9.17, 15) is 0 Å². The van der Waals surface area contributed by atoms with Gasteiger partial charge in [-0.15, -0.1) is 0 Å². The number of aromatic nitrogens is 2. The van der Waals surface area contributed by atoms with E-state index in [4.69, 9.17) is 23.2 Å². The van der Waals surface area contributed by atoms with E-state index < -0.39 is 5.66 Å². The Morgan fingerprint density at radius 3 is 2.42 bits per heavy atom. The van der Waals surface area contributed by atoms with E-state index in [2.05, 4.69) is 20.0 Å². The molecule has 1 aliphatic heterocycles. The molecule has 0 radical (unpaired) electrons. The van der Waals surface area contributed by atoms with Crippen LogP contribution in [0.3, 0.4) is 0 Å². The molecule has 0 unspecified atom stereocenters. The fourth-order valence-corrected chi connectivity index (χ4v) is 2.52. The van der Waals surface area contributed by atoms with Crippen LogP contribution >= 0.6 is 23.2 Å². The van der Waals surface area contributed by atoms with Crippen LogP contribution in [-0.2, 0) is 5.66 Å². The maximum absolute atomic E-state index is 6.27. The van der Waals surface area contributed by atoms with E-state index in [0.29, 0.717) is 15.7 Å². The van der Waals surface area contributed by atoms with Crippen molar-refractivity contribution in [1.82, 2.24) is 9.97 Å². The standard InChI is InChI=1S/C13H8Cl2N4/c14-9-1-2-10(11(15)7-9)13(18-5-6-19-13)12-8-16-3-4-17-12/h1-8H. The molecule has 1 aliphatic rings. The summed E-state index contributed by atoms with van der Waals surface area (Å²) in [6.07, 6.45) is 8.08. The molecule has 2 heterocycles. The van der Waals surface area contributed by atoms with E-state index in [0.717, 1.165) is 5.56 Å². The Kier molecular flexibility index (Phi) is 3.05. The third-order valence-electron chi connectivity index (χ3n) is 2.82. The van der Waals surface area contributed by atoms with Crippen LogP contribution in [0.15, 0.2) is 46.8 Å². The summed E-state index contributed by atoms with van der Waals surface area (Å²) in [4.78, 5) is 17.2. The number of nitrogens with zero attached hydrogens (tertiary/aromatic N) is 4. The molecule has 1 aromatic heterocycles. The molecule has 0 atom stereocenters. The van der Waals surface area contributed by atoms with Crippen LogP contribution in [0.2, 0.25) is 10.0 Å². The molecule has 3 rings (SSSR count). The van der Waals surface area contributed by atoms with Crippen molar-refractivity contribution < 1.29 is 0 Å². The second-order valence-electron chi connectivity index (χ2n) is 3.94. The normalized spacial score (nSPS) is 15.9. The highest BCUT2D eigenvalue weighted by atomic mass is 35.5. The molecule has 0 saturated heterocycles. The van der Waals surface area contributed by atoms with Gasteiger partial charge in [-0.05, 0) is 12.1 Å². The number of aliphatic imine (C=N–C) groups is 2. The zero-order chi connectivity index (χ0) is 13.3. The van der Waals surface area contributed by atoms with Gasteiger partial charge < -0.3 is 0 Å². The summed E-state index contributed by atoms with van der Waals surface area (Å²) in [5.41, 5.74) is 0.379. The summed E-state index contributed by atoms with van der Waals surface area (Å²) in [6, 6.07) is 5.23. The van der Waals surface area contributed by atoms with Crippen LogP contribution in [0.1, 0.15) is 11.3 Å². The zero-order valence-corrected chi connectivity index (χ0v) is 11.2. The molecule has 0 aliphatic carbocycles. The Hall–Kier alpha value is -1.78. The Labute approximate surface area is 119 Å². The van der Waals surface area contributed by atoms with Gasteiger partial charge in [-0.1, -0.05) is 29.3 Å². The number of halogens is 2. The van der Waals surface area contributed by atoms with Crippen molar-refractivity contribution in [2.24, 2.45) is 9.98 Å². The zero-order valence-electron chi connectivity index (χ0n) is 9.66. The first kappa shape index (κ1) is 12.3. The highest BCUT2D eigenvalue weighted by molar-refractivity contribution is 6.35. The van der Waals surface area contributed by atoms with E-state index >= 15 is 0 Å². The second kappa shape index (κ2) is 4.72. The molecule has 1 aromatic carbocycles. The fourth-order valence-electron chi connectivity index (χ4n) is 1.98. The van der Waals surface area contributed by atoms with Crippen LogP contribution in [-0.4, -0.2) is 22.4 Å². The van der Waals surface area contributed by atoms with Crippen LogP contribution in [0.4, 0.5) is 0 Å². The summed E-state index contributed by atoms with van der Waals surface area (Å²) in [7, 11) is 0. The van der Waals surface area contributed by atoms with Gasteiger partial charge in [0.05, 0.1) is 11.2 Å². The summed E-state index contributed by atoms with van der Waals surface area (Å²) in [5.74, 6) is 0. The highest BCUT2D eigenvalue weighted by Crippen LogP contribution is 2.39. The quantitative estimate of drug-likeness (QED) is 0.853. The molecule has 94 valence electrons. The van der Waals surface area contributed by atoms with Crippen molar-refractivity contribution in [3.8, 4) is 0 Å². The lowest BCUT2D eigenvalue weighted by atomic mass is 9.97. The van der Waals surface area contributed by atoms with Gasteiger partial charge in [0.2, 0.25) is 5.66 Å². The predicted octanol–water partition coefficient (Wildman–Crippen LogP) is 3.14. The summed E-state index contributed by atoms with van der Waals surface area (Å²) >= 11 is 12.2. The molecular weight excluding hydrogens is 283 g/mol.